The topological polar surface area (TPSA) is 256 Å². The van der Waals surface area contributed by atoms with Crippen LogP contribution in [0.3, 0.4) is 0 Å². The average molecular weight is 1820 g/mol. The zero-order valence-corrected chi connectivity index (χ0v) is 67.2. The predicted octanol–water partition coefficient (Wildman–Crippen LogP) is 1.12. The Hall–Kier alpha value is -9.21. The molecule has 6 aromatic carbocycles. The molecule has 0 spiro atoms. The Bertz CT molecular complexity index is 5140. The average Bonchev–Trinajstić information content (AvgIpc) is 1.58. The Balaban J connectivity index is 0. The lowest BCUT2D eigenvalue weighted by atomic mass is 10.1. The van der Waals surface area contributed by atoms with Gasteiger partial charge in [-0.2, -0.15) is 78.5 Å². The van der Waals surface area contributed by atoms with E-state index in [4.69, 9.17) is 19.3 Å². The molecule has 0 aliphatic carbocycles. The predicted molar refractivity (Wildman–Crippen MR) is 410 cm³/mol. The lowest BCUT2D eigenvalue weighted by molar-refractivity contribution is -0.144. The summed E-state index contributed by atoms with van der Waals surface area (Å²) in [5, 5.41) is 11.8. The first-order chi connectivity index (χ1) is 51.3. The molecule has 9 rings (SSSR count). The smallest absolute Gasteiger partial charge is 0.425 e. The number of aryl methyl sites for hydroxylation is 3. The van der Waals surface area contributed by atoms with Crippen molar-refractivity contribution in [3.63, 3.8) is 0 Å². The standard InChI is InChI=1S/C28H32F4N2O6S2.C23H24F4N2O4S2.C21H20F4N2O4S2.2CH4.6FH/c1-6-39-24(35)12-9-15-33(26(36)40-27(3,4)5)42(37,38)34(25-18(2)20-10-7-8-11-23(20)41-25)17-19-13-14-22(29)21(16-19)28(30,31)32;1-3-33-21(30)9-6-12-28-35(31,32)29(22-15(2)17-7-4-5-8-20(17)34-22)14-16-10-11-19(24)18(13-16)23(25,26)27;1-13-15-5-2-3-6-18(15)32-20(13)27(33(30,31)26-10-4-7-19(28)29)12-14-8-9-17(22)16(11-14)21(23,24)25;;;;;;;;/h7-8,10-11,13-14,16H,6,9,12,15,17H2,1-5H3;4-5,7-8,10-11,13,28H,3,6,9,12,14H2,1-2H3;2-3,5-6,8-9,11,26H,4,7,10,12H2,1H3,(H,28,29);2*1H4;6*1H/p-6. The van der Waals surface area contributed by atoms with E-state index in [1.807, 2.05) is 12.1 Å². The summed E-state index contributed by atoms with van der Waals surface area (Å²) in [6.07, 6.45) is -16.5. The highest BCUT2D eigenvalue weighted by Crippen LogP contribution is 2.44. The van der Waals surface area contributed by atoms with Gasteiger partial charge in [-0.05, 0) is 179 Å². The van der Waals surface area contributed by atoms with E-state index in [-0.39, 0.29) is 130 Å². The van der Waals surface area contributed by atoms with Crippen molar-refractivity contribution >= 4 is 134 Å². The molecular formula is C74H84F18N6O14S6-6. The van der Waals surface area contributed by atoms with Gasteiger partial charge in [-0.15, -0.1) is 34.0 Å². The molecule has 9 aromatic rings. The number of thiophene rings is 3. The summed E-state index contributed by atoms with van der Waals surface area (Å²) < 4.78 is 268. The second-order valence-corrected chi connectivity index (χ2v) is 33.4. The SMILES string of the molecule is C.C.CCOC(=O)CCCN(C(=O)OC(C)(C)C)S(=O)(=O)N(Cc1ccc(F)c(C(F)(F)F)c1)c1sc2ccccc2c1C.CCOC(=O)CCCNS(=O)(=O)N(Cc1ccc(F)c(C(F)(F)F)c1)c1sc2ccccc2c1C.Cc1c(N(Cc2ccc(F)c(C(F)(F)F)c2)S(=O)(=O)NCCCC(=O)O)sc2ccccc12.[F-].[F-].[F-].[F-].[F-].[F-]. The number of aliphatic carboxylic acids is 1. The Morgan fingerprint density at radius 2 is 0.746 bits per heavy atom. The number of hydrogen-bond donors (Lipinski definition) is 3. The van der Waals surface area contributed by atoms with E-state index in [9.17, 15) is 97.1 Å². The fourth-order valence-corrected chi connectivity index (χ4v) is 19.2. The number of nitrogens with zero attached hydrogens (tertiary/aromatic N) is 4. The van der Waals surface area contributed by atoms with E-state index < -0.39 is 139 Å². The third kappa shape index (κ3) is 29.4. The summed E-state index contributed by atoms with van der Waals surface area (Å²) in [5.41, 5.74) is -4.10. The molecule has 0 radical (unpaired) electrons. The molecule has 3 heterocycles. The molecule has 20 nitrogen and oxygen atoms in total. The van der Waals surface area contributed by atoms with E-state index in [2.05, 4.69) is 9.44 Å². The van der Waals surface area contributed by atoms with E-state index in [1.54, 1.807) is 116 Å². The first-order valence-corrected chi connectivity index (χ1v) is 40.1. The highest BCUT2D eigenvalue weighted by molar-refractivity contribution is 7.91. The van der Waals surface area contributed by atoms with Gasteiger partial charge in [-0.3, -0.25) is 14.4 Å². The molecule has 118 heavy (non-hydrogen) atoms. The zero-order chi connectivity index (χ0) is 81.6. The number of nitrogens with one attached hydrogen (secondary N) is 2. The van der Waals surface area contributed by atoms with Crippen LogP contribution in [0.25, 0.3) is 30.3 Å². The minimum absolute atomic E-state index is 0. The molecular weight excluding hydrogens is 1730 g/mol. The van der Waals surface area contributed by atoms with Crippen LogP contribution in [0.4, 0.5) is 72.5 Å². The van der Waals surface area contributed by atoms with Crippen LogP contribution in [0.2, 0.25) is 0 Å². The van der Waals surface area contributed by atoms with Crippen molar-refractivity contribution < 1.29 is 145 Å². The summed E-state index contributed by atoms with van der Waals surface area (Å²) >= 11 is 3.40. The maximum absolute atomic E-state index is 14.3. The van der Waals surface area contributed by atoms with Gasteiger partial charge in [-0.1, -0.05) is 87.6 Å². The monoisotopic (exact) mass is 1810 g/mol. The third-order valence-corrected chi connectivity index (χ3v) is 24.8. The van der Waals surface area contributed by atoms with Gasteiger partial charge in [0.05, 0.1) is 49.5 Å². The number of alkyl halides is 9. The minimum atomic E-state index is -5.02. The number of carbonyl (C=O) groups excluding carboxylic acids is 3. The third-order valence-electron chi connectivity index (χ3n) is 15.9. The van der Waals surface area contributed by atoms with Gasteiger partial charge in [0.15, 0.2) is 0 Å². The number of ether oxygens (including phenoxy) is 3. The van der Waals surface area contributed by atoms with Crippen molar-refractivity contribution in [1.29, 1.82) is 0 Å². The summed E-state index contributed by atoms with van der Waals surface area (Å²) in [6, 6.07) is 28.4. The molecule has 0 saturated carbocycles. The largest absolute Gasteiger partial charge is 1.00 e. The molecule has 1 amide bonds. The number of hydrogen-bond acceptors (Lipinski definition) is 16. The van der Waals surface area contributed by atoms with Crippen molar-refractivity contribution in [2.75, 3.05) is 45.8 Å². The molecule has 0 atom stereocenters. The molecule has 0 fully saturated rings. The van der Waals surface area contributed by atoms with Crippen LogP contribution >= 0.6 is 34.0 Å². The number of anilines is 3. The Labute approximate surface area is 681 Å². The lowest BCUT2D eigenvalue weighted by Crippen LogP contribution is -3.00. The van der Waals surface area contributed by atoms with Gasteiger partial charge in [0.2, 0.25) is 0 Å². The molecule has 0 bridgehead atoms. The van der Waals surface area contributed by atoms with Crippen molar-refractivity contribution in [3.8, 4) is 0 Å². The van der Waals surface area contributed by atoms with Crippen molar-refractivity contribution in [3.05, 3.63) is 195 Å². The van der Waals surface area contributed by atoms with Crippen LogP contribution in [0.1, 0.15) is 138 Å². The molecule has 0 aliphatic heterocycles. The molecule has 0 saturated heterocycles. The van der Waals surface area contributed by atoms with Gasteiger partial charge in [0.25, 0.3) is 0 Å². The Morgan fingerprint density at radius 1 is 0.449 bits per heavy atom. The normalized spacial score (nSPS) is 11.4. The van der Waals surface area contributed by atoms with Crippen molar-refractivity contribution in [2.24, 2.45) is 0 Å². The summed E-state index contributed by atoms with van der Waals surface area (Å²) in [4.78, 5) is 47.4. The number of halogens is 18. The molecule has 3 aromatic heterocycles. The number of fused-ring (bicyclic) bond motifs is 3. The molecule has 662 valence electrons. The van der Waals surface area contributed by atoms with Crippen LogP contribution < -0.4 is 50.6 Å². The van der Waals surface area contributed by atoms with Gasteiger partial charge in [0.1, 0.15) is 38.1 Å². The Kier molecular flexibility index (Phi) is 43.6. The molecule has 3 N–H and O–H groups in total. The summed E-state index contributed by atoms with van der Waals surface area (Å²) in [6.45, 7) is 11.0. The van der Waals surface area contributed by atoms with E-state index in [0.717, 1.165) is 74.0 Å². The van der Waals surface area contributed by atoms with E-state index >= 15 is 0 Å². The van der Waals surface area contributed by atoms with Crippen LogP contribution in [0.5, 0.6) is 0 Å². The second kappa shape index (κ2) is 46.4. The van der Waals surface area contributed by atoms with Gasteiger partial charge >= 0.3 is 73.2 Å². The van der Waals surface area contributed by atoms with Gasteiger partial charge < -0.3 is 47.5 Å². The summed E-state index contributed by atoms with van der Waals surface area (Å²) in [7, 11) is -13.4. The van der Waals surface area contributed by atoms with Crippen LogP contribution in [-0.4, -0.2) is 97.1 Å². The molecule has 44 heteroatoms. The quantitative estimate of drug-likeness (QED) is 0.0257. The number of carbonyl (C=O) groups is 4. The maximum atomic E-state index is 14.3. The summed E-state index contributed by atoms with van der Waals surface area (Å²) in [5.74, 6) is -6.54. The number of esters is 2. The van der Waals surface area contributed by atoms with Crippen LogP contribution in [0.15, 0.2) is 127 Å². The number of rotatable bonds is 29. The van der Waals surface area contributed by atoms with Crippen molar-refractivity contribution in [1.82, 2.24) is 13.7 Å². The number of amides is 1. The lowest BCUT2D eigenvalue weighted by Gasteiger charge is -2.32. The van der Waals surface area contributed by atoms with Crippen LogP contribution in [0, 0.1) is 38.2 Å². The fourth-order valence-electron chi connectivity index (χ4n) is 10.7. The number of benzene rings is 6. The minimum Gasteiger partial charge on any atom is -1.00 e. The highest BCUT2D eigenvalue weighted by Gasteiger charge is 2.41. The zero-order valence-electron chi connectivity index (χ0n) is 62.3. The fraction of sp³-hybridized carbons (Fsp3) is 0.378. The second-order valence-electron chi connectivity index (χ2n) is 25.2. The Morgan fingerprint density at radius 3 is 1.04 bits per heavy atom. The molecule has 0 aliphatic rings. The van der Waals surface area contributed by atoms with Crippen molar-refractivity contribution in [2.45, 2.75) is 153 Å². The highest BCUT2D eigenvalue weighted by atomic mass is 32.2. The maximum Gasteiger partial charge on any atom is 0.425 e. The number of carboxylic acid groups (broad SMARTS) is 1. The first-order valence-electron chi connectivity index (χ1n) is 33.4. The van der Waals surface area contributed by atoms with Crippen LogP contribution in [-0.2, 0) is 97.4 Å². The van der Waals surface area contributed by atoms with E-state index in [0.29, 0.717) is 77.5 Å². The molecule has 0 unspecified atom stereocenters. The number of carboxylic acids is 1. The van der Waals surface area contributed by atoms with E-state index in [1.165, 1.54) is 11.3 Å². The van der Waals surface area contributed by atoms with Gasteiger partial charge in [-0.25, -0.2) is 30.9 Å². The first kappa shape index (κ1) is 111. The van der Waals surface area contributed by atoms with Gasteiger partial charge in [0, 0.05) is 53.0 Å².